The summed E-state index contributed by atoms with van der Waals surface area (Å²) in [4.78, 5) is 26.3. The van der Waals surface area contributed by atoms with Crippen molar-refractivity contribution in [1.82, 2.24) is 4.98 Å². The number of nitrogens with one attached hydrogen (secondary N) is 2. The highest BCUT2D eigenvalue weighted by atomic mass is 16.3. The second-order valence-electron chi connectivity index (χ2n) is 3.95. The molecule has 1 aromatic heterocycles. The first-order chi connectivity index (χ1) is 9.54. The minimum atomic E-state index is -0.660. The van der Waals surface area contributed by atoms with Crippen LogP contribution in [0.25, 0.3) is 0 Å². The molecule has 2 rings (SSSR count). The second-order valence-corrected chi connectivity index (χ2v) is 3.95. The molecule has 0 spiro atoms. The largest absolute Gasteiger partial charge is 0.506 e. The number of aromatic hydroxyl groups is 1. The van der Waals surface area contributed by atoms with Crippen molar-refractivity contribution >= 4 is 23.3 Å². The maximum atomic E-state index is 11.9. The van der Waals surface area contributed by atoms with Crippen LogP contribution in [0.15, 0.2) is 42.7 Å². The van der Waals surface area contributed by atoms with Crippen molar-refractivity contribution in [1.29, 1.82) is 0 Å². The van der Waals surface area contributed by atoms with Gasteiger partial charge in [-0.2, -0.15) is 0 Å². The number of nitrogens with two attached hydrogens (primary N) is 1. The molecule has 0 unspecified atom stereocenters. The first kappa shape index (κ1) is 13.3. The van der Waals surface area contributed by atoms with Crippen LogP contribution in [0.2, 0.25) is 0 Å². The van der Waals surface area contributed by atoms with E-state index in [1.165, 1.54) is 18.5 Å². The molecule has 3 amide bonds. The number of hydrogen-bond acceptors (Lipinski definition) is 4. The van der Waals surface area contributed by atoms with Crippen molar-refractivity contribution in [3.63, 3.8) is 0 Å². The lowest BCUT2D eigenvalue weighted by Gasteiger charge is -2.06. The Bertz CT molecular complexity index is 640. The Morgan fingerprint density at radius 1 is 1.05 bits per heavy atom. The molecule has 20 heavy (non-hydrogen) atoms. The van der Waals surface area contributed by atoms with Gasteiger partial charge in [-0.1, -0.05) is 0 Å². The van der Waals surface area contributed by atoms with E-state index in [0.29, 0.717) is 11.4 Å². The van der Waals surface area contributed by atoms with E-state index < -0.39 is 11.9 Å². The lowest BCUT2D eigenvalue weighted by atomic mass is 10.2. The average Bonchev–Trinajstić information content (AvgIpc) is 2.40. The number of rotatable bonds is 3. The van der Waals surface area contributed by atoms with E-state index in [1.54, 1.807) is 24.3 Å². The number of urea groups is 1. The highest BCUT2D eigenvalue weighted by molar-refractivity contribution is 6.04. The van der Waals surface area contributed by atoms with E-state index in [4.69, 9.17) is 5.73 Å². The number of carbonyl (C=O) groups excluding carboxylic acids is 2. The van der Waals surface area contributed by atoms with Crippen LogP contribution < -0.4 is 16.4 Å². The van der Waals surface area contributed by atoms with Gasteiger partial charge in [0, 0.05) is 17.6 Å². The summed E-state index contributed by atoms with van der Waals surface area (Å²) in [5.74, 6) is -0.484. The molecule has 0 fully saturated rings. The van der Waals surface area contributed by atoms with Crippen molar-refractivity contribution in [3.05, 3.63) is 48.3 Å². The van der Waals surface area contributed by atoms with Gasteiger partial charge in [0.2, 0.25) is 0 Å². The zero-order valence-corrected chi connectivity index (χ0v) is 10.3. The molecule has 0 saturated heterocycles. The highest BCUT2D eigenvalue weighted by Gasteiger charge is 2.07. The predicted octanol–water partition coefficient (Wildman–Crippen LogP) is 1.53. The minimum Gasteiger partial charge on any atom is -0.506 e. The summed E-state index contributed by atoms with van der Waals surface area (Å²) in [5, 5.41) is 14.3. The molecule has 1 heterocycles. The summed E-state index contributed by atoms with van der Waals surface area (Å²) >= 11 is 0. The Morgan fingerprint density at radius 3 is 2.20 bits per heavy atom. The number of primary amides is 1. The number of carbonyl (C=O) groups is 2. The summed E-state index contributed by atoms with van der Waals surface area (Å²) in [7, 11) is 0. The Labute approximate surface area is 114 Å². The van der Waals surface area contributed by atoms with Crippen molar-refractivity contribution in [2.45, 2.75) is 0 Å². The predicted molar refractivity (Wildman–Crippen MR) is 73.5 cm³/mol. The molecule has 7 nitrogen and oxygen atoms in total. The minimum absolute atomic E-state index is 0.0846. The topological polar surface area (TPSA) is 117 Å². The Kier molecular flexibility index (Phi) is 3.80. The zero-order valence-electron chi connectivity index (χ0n) is 10.3. The standard InChI is InChI=1S/C13H12N4O3/c14-13(20)17-10-3-1-9(2-4-10)16-12(19)8-5-11(18)7-15-6-8/h1-7,18H,(H,16,19)(H3,14,17,20). The molecule has 1 aromatic carbocycles. The highest BCUT2D eigenvalue weighted by Crippen LogP contribution is 2.15. The van der Waals surface area contributed by atoms with Crippen molar-refractivity contribution in [3.8, 4) is 5.75 Å². The van der Waals surface area contributed by atoms with Crippen LogP contribution in [-0.2, 0) is 0 Å². The summed E-state index contributed by atoms with van der Waals surface area (Å²) in [5.41, 5.74) is 6.28. The Hall–Kier alpha value is -3.09. The quantitative estimate of drug-likeness (QED) is 0.677. The molecule has 0 bridgehead atoms. The Morgan fingerprint density at radius 2 is 1.65 bits per heavy atom. The smallest absolute Gasteiger partial charge is 0.316 e. The molecule has 0 saturated carbocycles. The van der Waals surface area contributed by atoms with Crippen LogP contribution in [0.1, 0.15) is 10.4 Å². The van der Waals surface area contributed by atoms with Crippen LogP contribution in [0.3, 0.4) is 0 Å². The molecule has 0 atom stereocenters. The van der Waals surface area contributed by atoms with Gasteiger partial charge in [0.05, 0.1) is 11.8 Å². The van der Waals surface area contributed by atoms with E-state index in [9.17, 15) is 14.7 Å². The first-order valence-electron chi connectivity index (χ1n) is 5.66. The molecule has 5 N–H and O–H groups in total. The van der Waals surface area contributed by atoms with Gasteiger partial charge in [-0.25, -0.2) is 4.79 Å². The fourth-order valence-corrected chi connectivity index (χ4v) is 1.53. The number of amides is 3. The molecule has 0 aliphatic heterocycles. The molecular formula is C13H12N4O3. The number of hydrogen-bond donors (Lipinski definition) is 4. The molecule has 0 radical (unpaired) electrons. The van der Waals surface area contributed by atoms with Gasteiger partial charge in [-0.05, 0) is 30.3 Å². The third kappa shape index (κ3) is 3.45. The summed E-state index contributed by atoms with van der Waals surface area (Å²) in [6, 6.07) is 7.07. The third-order valence-electron chi connectivity index (χ3n) is 2.40. The van der Waals surface area contributed by atoms with Crippen LogP contribution >= 0.6 is 0 Å². The summed E-state index contributed by atoms with van der Waals surface area (Å²) in [6.45, 7) is 0. The van der Waals surface area contributed by atoms with E-state index in [1.807, 2.05) is 0 Å². The van der Waals surface area contributed by atoms with Gasteiger partial charge >= 0.3 is 6.03 Å². The number of anilines is 2. The third-order valence-corrected chi connectivity index (χ3v) is 2.40. The molecule has 0 aliphatic rings. The molecule has 102 valence electrons. The van der Waals surface area contributed by atoms with Crippen molar-refractivity contribution in [2.24, 2.45) is 5.73 Å². The van der Waals surface area contributed by atoms with E-state index in [0.717, 1.165) is 0 Å². The van der Waals surface area contributed by atoms with Gasteiger partial charge in [0.1, 0.15) is 5.75 Å². The van der Waals surface area contributed by atoms with Gasteiger partial charge in [0.25, 0.3) is 5.91 Å². The number of pyridine rings is 1. The molecular weight excluding hydrogens is 260 g/mol. The SMILES string of the molecule is NC(=O)Nc1ccc(NC(=O)c2cncc(O)c2)cc1. The molecule has 0 aliphatic carbocycles. The number of aromatic nitrogens is 1. The first-order valence-corrected chi connectivity index (χ1v) is 5.66. The van der Waals surface area contributed by atoms with E-state index in [-0.39, 0.29) is 11.3 Å². The van der Waals surface area contributed by atoms with Crippen LogP contribution in [0.4, 0.5) is 16.2 Å². The van der Waals surface area contributed by atoms with E-state index in [2.05, 4.69) is 15.6 Å². The number of benzene rings is 1. The van der Waals surface area contributed by atoms with Crippen molar-refractivity contribution < 1.29 is 14.7 Å². The zero-order chi connectivity index (χ0) is 14.5. The molecule has 2 aromatic rings. The summed E-state index contributed by atoms with van der Waals surface area (Å²) in [6.07, 6.45) is 2.58. The van der Waals surface area contributed by atoms with E-state index >= 15 is 0 Å². The monoisotopic (exact) mass is 272 g/mol. The summed E-state index contributed by atoms with van der Waals surface area (Å²) < 4.78 is 0. The lowest BCUT2D eigenvalue weighted by Crippen LogP contribution is -2.19. The maximum absolute atomic E-state index is 11.9. The van der Waals surface area contributed by atoms with Crippen LogP contribution in [-0.4, -0.2) is 22.0 Å². The van der Waals surface area contributed by atoms with Gasteiger partial charge in [-0.15, -0.1) is 0 Å². The Balaban J connectivity index is 2.06. The van der Waals surface area contributed by atoms with Gasteiger partial charge in [-0.3, -0.25) is 9.78 Å². The lowest BCUT2D eigenvalue weighted by molar-refractivity contribution is 0.102. The van der Waals surface area contributed by atoms with Crippen molar-refractivity contribution in [2.75, 3.05) is 10.6 Å². The van der Waals surface area contributed by atoms with Gasteiger partial charge in [0.15, 0.2) is 0 Å². The van der Waals surface area contributed by atoms with Crippen LogP contribution in [0, 0.1) is 0 Å². The average molecular weight is 272 g/mol. The normalized spacial score (nSPS) is 9.80. The fourth-order valence-electron chi connectivity index (χ4n) is 1.53. The maximum Gasteiger partial charge on any atom is 0.316 e. The second kappa shape index (κ2) is 5.70. The fraction of sp³-hybridized carbons (Fsp3) is 0. The molecule has 7 heteroatoms. The number of nitrogens with zero attached hydrogens (tertiary/aromatic N) is 1. The van der Waals surface area contributed by atoms with Crippen LogP contribution in [0.5, 0.6) is 5.75 Å². The van der Waals surface area contributed by atoms with Gasteiger partial charge < -0.3 is 21.5 Å².